The second kappa shape index (κ2) is 4.78. The van der Waals surface area contributed by atoms with Crippen molar-refractivity contribution in [3.8, 4) is 0 Å². The minimum Gasteiger partial charge on any atom is -0.354 e. The number of anilines is 1. The van der Waals surface area contributed by atoms with Gasteiger partial charge in [-0.05, 0) is 31.6 Å². The fourth-order valence-corrected chi connectivity index (χ4v) is 3.80. The zero-order chi connectivity index (χ0) is 12.6. The molecule has 1 aromatic rings. The van der Waals surface area contributed by atoms with Crippen LogP contribution in [-0.4, -0.2) is 21.4 Å². The first-order valence-electron chi connectivity index (χ1n) is 7.03. The fourth-order valence-electron chi connectivity index (χ4n) is 3.03. The summed E-state index contributed by atoms with van der Waals surface area (Å²) in [5.74, 6) is 2.43. The number of nitrogens with two attached hydrogens (primary N) is 1. The molecule has 5 heteroatoms. The highest BCUT2D eigenvalue weighted by Crippen LogP contribution is 2.40. The number of aromatic nitrogens is 2. The molecule has 2 atom stereocenters. The summed E-state index contributed by atoms with van der Waals surface area (Å²) in [6.45, 7) is 3.01. The third-order valence-electron chi connectivity index (χ3n) is 4.24. The van der Waals surface area contributed by atoms with Gasteiger partial charge < -0.3 is 11.1 Å². The molecule has 0 aliphatic heterocycles. The van der Waals surface area contributed by atoms with Gasteiger partial charge in [0.25, 0.3) is 0 Å². The summed E-state index contributed by atoms with van der Waals surface area (Å²) in [4.78, 5) is 4.63. The Hall–Kier alpha value is -0.680. The van der Waals surface area contributed by atoms with E-state index in [-0.39, 0.29) is 5.54 Å². The molecule has 0 aromatic carbocycles. The van der Waals surface area contributed by atoms with Gasteiger partial charge in [0.15, 0.2) is 0 Å². The van der Waals surface area contributed by atoms with Crippen LogP contribution in [0.2, 0.25) is 0 Å². The van der Waals surface area contributed by atoms with Crippen LogP contribution in [-0.2, 0) is 0 Å². The van der Waals surface area contributed by atoms with E-state index in [1.807, 2.05) is 0 Å². The maximum absolute atomic E-state index is 6.02. The molecule has 1 aromatic heterocycles. The Bertz CT molecular complexity index is 415. The highest BCUT2D eigenvalue weighted by molar-refractivity contribution is 7.09. The summed E-state index contributed by atoms with van der Waals surface area (Å²) in [5.41, 5.74) is 6.07. The van der Waals surface area contributed by atoms with Crippen LogP contribution >= 0.6 is 11.5 Å². The molecule has 0 spiro atoms. The van der Waals surface area contributed by atoms with E-state index in [9.17, 15) is 0 Å². The zero-order valence-corrected chi connectivity index (χ0v) is 11.8. The predicted octanol–water partition coefficient (Wildman–Crippen LogP) is 2.74. The summed E-state index contributed by atoms with van der Waals surface area (Å²) in [5, 5.41) is 4.57. The maximum Gasteiger partial charge on any atom is 0.203 e. The van der Waals surface area contributed by atoms with E-state index < -0.39 is 0 Å². The molecule has 0 amide bonds. The molecule has 2 fully saturated rings. The quantitative estimate of drug-likeness (QED) is 0.879. The molecule has 0 bridgehead atoms. The lowest BCUT2D eigenvalue weighted by atomic mass is 9.76. The SMILES string of the molecule is CC1CCCC(CN)(Nc2nc(C3CC3)ns2)C1. The molecule has 3 N–H and O–H groups in total. The van der Waals surface area contributed by atoms with Crippen molar-refractivity contribution in [3.05, 3.63) is 5.82 Å². The lowest BCUT2D eigenvalue weighted by Gasteiger charge is -2.39. The molecule has 0 saturated heterocycles. The van der Waals surface area contributed by atoms with Crippen LogP contribution in [0, 0.1) is 5.92 Å². The van der Waals surface area contributed by atoms with Crippen LogP contribution in [0.3, 0.4) is 0 Å². The molecule has 18 heavy (non-hydrogen) atoms. The first-order chi connectivity index (χ1) is 8.71. The van der Waals surface area contributed by atoms with E-state index in [2.05, 4.69) is 21.6 Å². The normalized spacial score (nSPS) is 32.4. The monoisotopic (exact) mass is 266 g/mol. The summed E-state index contributed by atoms with van der Waals surface area (Å²) >= 11 is 1.50. The molecular weight excluding hydrogens is 244 g/mol. The molecule has 100 valence electrons. The molecule has 4 nitrogen and oxygen atoms in total. The zero-order valence-electron chi connectivity index (χ0n) is 11.0. The van der Waals surface area contributed by atoms with Crippen molar-refractivity contribution in [2.45, 2.75) is 56.9 Å². The minimum atomic E-state index is 0.0536. The number of rotatable bonds is 4. The molecule has 0 radical (unpaired) electrons. The van der Waals surface area contributed by atoms with Crippen LogP contribution < -0.4 is 11.1 Å². The molecule has 3 rings (SSSR count). The van der Waals surface area contributed by atoms with E-state index in [4.69, 9.17) is 5.73 Å². The topological polar surface area (TPSA) is 63.8 Å². The van der Waals surface area contributed by atoms with Gasteiger partial charge in [-0.2, -0.15) is 4.37 Å². The van der Waals surface area contributed by atoms with Gasteiger partial charge in [0, 0.05) is 24.0 Å². The van der Waals surface area contributed by atoms with E-state index >= 15 is 0 Å². The van der Waals surface area contributed by atoms with Crippen molar-refractivity contribution in [1.29, 1.82) is 0 Å². The Morgan fingerprint density at radius 3 is 2.94 bits per heavy atom. The van der Waals surface area contributed by atoms with Gasteiger partial charge >= 0.3 is 0 Å². The number of nitrogens with zero attached hydrogens (tertiary/aromatic N) is 2. The number of hydrogen-bond acceptors (Lipinski definition) is 5. The predicted molar refractivity (Wildman–Crippen MR) is 74.9 cm³/mol. The largest absolute Gasteiger partial charge is 0.354 e. The first kappa shape index (κ1) is 12.4. The summed E-state index contributed by atoms with van der Waals surface area (Å²) in [6.07, 6.45) is 7.42. The first-order valence-corrected chi connectivity index (χ1v) is 7.80. The summed E-state index contributed by atoms with van der Waals surface area (Å²) in [7, 11) is 0. The van der Waals surface area contributed by atoms with E-state index in [0.717, 1.165) is 29.7 Å². The minimum absolute atomic E-state index is 0.0536. The van der Waals surface area contributed by atoms with Gasteiger partial charge in [-0.25, -0.2) is 4.98 Å². The maximum atomic E-state index is 6.02. The second-order valence-corrected chi connectivity index (χ2v) is 6.79. The van der Waals surface area contributed by atoms with Crippen LogP contribution in [0.4, 0.5) is 5.13 Å². The molecule has 2 aliphatic carbocycles. The van der Waals surface area contributed by atoms with Crippen LogP contribution in [0.15, 0.2) is 0 Å². The summed E-state index contributed by atoms with van der Waals surface area (Å²) < 4.78 is 4.46. The van der Waals surface area contributed by atoms with Crippen molar-refractivity contribution in [2.75, 3.05) is 11.9 Å². The Balaban J connectivity index is 1.71. The van der Waals surface area contributed by atoms with Gasteiger partial charge in [-0.15, -0.1) is 0 Å². The number of hydrogen-bond donors (Lipinski definition) is 2. The van der Waals surface area contributed by atoms with Crippen molar-refractivity contribution in [3.63, 3.8) is 0 Å². The van der Waals surface area contributed by atoms with Crippen LogP contribution in [0.25, 0.3) is 0 Å². The van der Waals surface area contributed by atoms with Gasteiger partial charge in [-0.3, -0.25) is 0 Å². The standard InChI is InChI=1S/C13H22N4S/c1-9-3-2-6-13(7-9,8-14)16-12-15-11(17-18-12)10-4-5-10/h9-10H,2-8,14H2,1H3,(H,15,16,17). The fraction of sp³-hybridized carbons (Fsp3) is 0.846. The molecule has 2 unspecified atom stereocenters. The van der Waals surface area contributed by atoms with Gasteiger partial charge in [0.2, 0.25) is 5.13 Å². The highest BCUT2D eigenvalue weighted by Gasteiger charge is 2.35. The molecule has 2 saturated carbocycles. The highest BCUT2D eigenvalue weighted by atomic mass is 32.1. The lowest BCUT2D eigenvalue weighted by Crippen LogP contribution is -2.48. The third-order valence-corrected chi connectivity index (χ3v) is 4.88. The van der Waals surface area contributed by atoms with Crippen LogP contribution in [0.5, 0.6) is 0 Å². The second-order valence-electron chi connectivity index (χ2n) is 6.04. The average molecular weight is 266 g/mol. The van der Waals surface area contributed by atoms with Gasteiger partial charge in [0.1, 0.15) is 5.82 Å². The Morgan fingerprint density at radius 2 is 2.28 bits per heavy atom. The summed E-state index contributed by atoms with van der Waals surface area (Å²) in [6, 6.07) is 0. The van der Waals surface area contributed by atoms with Crippen molar-refractivity contribution in [2.24, 2.45) is 11.7 Å². The molecule has 1 heterocycles. The van der Waals surface area contributed by atoms with Crippen LogP contribution in [0.1, 0.15) is 57.2 Å². The van der Waals surface area contributed by atoms with E-state index in [1.165, 1.54) is 37.2 Å². The smallest absolute Gasteiger partial charge is 0.203 e. The van der Waals surface area contributed by atoms with E-state index in [0.29, 0.717) is 12.5 Å². The van der Waals surface area contributed by atoms with E-state index in [1.54, 1.807) is 0 Å². The molecule has 2 aliphatic rings. The van der Waals surface area contributed by atoms with Crippen molar-refractivity contribution in [1.82, 2.24) is 9.36 Å². The number of nitrogens with one attached hydrogen (secondary N) is 1. The van der Waals surface area contributed by atoms with Gasteiger partial charge in [0.05, 0.1) is 5.54 Å². The lowest BCUT2D eigenvalue weighted by molar-refractivity contribution is 0.264. The van der Waals surface area contributed by atoms with Crippen molar-refractivity contribution >= 4 is 16.7 Å². The Morgan fingerprint density at radius 1 is 1.44 bits per heavy atom. The third kappa shape index (κ3) is 2.52. The average Bonchev–Trinajstić information content (AvgIpc) is 3.11. The van der Waals surface area contributed by atoms with Crippen molar-refractivity contribution < 1.29 is 0 Å². The Labute approximate surface area is 113 Å². The molecular formula is C13H22N4S. The Kier molecular flexibility index (Phi) is 3.28. The van der Waals surface area contributed by atoms with Gasteiger partial charge in [-0.1, -0.05) is 19.8 Å².